The minimum absolute atomic E-state index is 0.165. The first-order chi connectivity index (χ1) is 9.69. The third-order valence-corrected chi connectivity index (χ3v) is 5.05. The number of benzene rings is 1. The minimum atomic E-state index is -0.165. The van der Waals surface area contributed by atoms with Crippen LogP contribution in [-0.2, 0) is 16.0 Å². The summed E-state index contributed by atoms with van der Waals surface area (Å²) in [4.78, 5) is 11.3. The van der Waals surface area contributed by atoms with Gasteiger partial charge in [-0.25, -0.2) is 0 Å². The molecule has 1 aromatic rings. The summed E-state index contributed by atoms with van der Waals surface area (Å²) in [5, 5.41) is 3.75. The van der Waals surface area contributed by atoms with E-state index in [1.807, 2.05) is 13.1 Å². The second kappa shape index (κ2) is 6.99. The van der Waals surface area contributed by atoms with Gasteiger partial charge in [0.1, 0.15) is 5.75 Å². The first-order valence-corrected chi connectivity index (χ1v) is 7.77. The van der Waals surface area contributed by atoms with Gasteiger partial charge in [0, 0.05) is 11.3 Å². The molecule has 0 fully saturated rings. The zero-order chi connectivity index (χ0) is 14.5. The number of ether oxygens (including phenoxy) is 2. The Morgan fingerprint density at radius 3 is 2.90 bits per heavy atom. The predicted octanol–water partition coefficient (Wildman–Crippen LogP) is 2.18. The van der Waals surface area contributed by atoms with Crippen LogP contribution in [-0.4, -0.2) is 38.2 Å². The maximum absolute atomic E-state index is 11.3. The zero-order valence-corrected chi connectivity index (χ0v) is 13.0. The van der Waals surface area contributed by atoms with Crippen LogP contribution in [0.15, 0.2) is 18.2 Å². The Labute approximate surface area is 124 Å². The van der Waals surface area contributed by atoms with Crippen LogP contribution in [0.4, 0.5) is 0 Å². The Hall–Kier alpha value is -1.20. The molecule has 1 aromatic carbocycles. The number of rotatable bonds is 5. The fraction of sp³-hybridized carbons (Fsp3) is 0.533. The highest BCUT2D eigenvalue weighted by Crippen LogP contribution is 2.38. The van der Waals surface area contributed by atoms with Crippen LogP contribution in [0.2, 0.25) is 0 Å². The van der Waals surface area contributed by atoms with E-state index in [0.29, 0.717) is 11.0 Å². The lowest BCUT2D eigenvalue weighted by Gasteiger charge is -2.33. The van der Waals surface area contributed by atoms with E-state index < -0.39 is 0 Å². The van der Waals surface area contributed by atoms with Crippen LogP contribution in [0.5, 0.6) is 5.75 Å². The van der Waals surface area contributed by atoms with Gasteiger partial charge in [0.05, 0.1) is 20.0 Å². The van der Waals surface area contributed by atoms with Crippen molar-refractivity contribution in [2.75, 3.05) is 27.0 Å². The molecular formula is C15H21NO3S. The second-order valence-corrected chi connectivity index (χ2v) is 6.02. The van der Waals surface area contributed by atoms with Crippen LogP contribution < -0.4 is 10.1 Å². The SMILES string of the molecule is CNC1c2cc(OC)ccc2CCC1SCC(=O)OC. The summed E-state index contributed by atoms with van der Waals surface area (Å²) < 4.78 is 10.0. The van der Waals surface area contributed by atoms with Gasteiger partial charge < -0.3 is 14.8 Å². The average Bonchev–Trinajstić information content (AvgIpc) is 2.51. The maximum atomic E-state index is 11.3. The Morgan fingerprint density at radius 1 is 1.45 bits per heavy atom. The van der Waals surface area contributed by atoms with Crippen molar-refractivity contribution < 1.29 is 14.3 Å². The Morgan fingerprint density at radius 2 is 2.25 bits per heavy atom. The first kappa shape index (κ1) is 15.2. The number of hydrogen-bond donors (Lipinski definition) is 1. The minimum Gasteiger partial charge on any atom is -0.497 e. The van der Waals surface area contributed by atoms with Crippen LogP contribution >= 0.6 is 11.8 Å². The van der Waals surface area contributed by atoms with Gasteiger partial charge in [-0.05, 0) is 43.1 Å². The van der Waals surface area contributed by atoms with E-state index in [1.54, 1.807) is 18.9 Å². The number of fused-ring (bicyclic) bond motifs is 1. The van der Waals surface area contributed by atoms with Crippen molar-refractivity contribution in [3.8, 4) is 5.75 Å². The van der Waals surface area contributed by atoms with Crippen molar-refractivity contribution in [3.05, 3.63) is 29.3 Å². The monoisotopic (exact) mass is 295 g/mol. The fourth-order valence-corrected chi connectivity index (χ4v) is 3.86. The van der Waals surface area contributed by atoms with Crippen LogP contribution in [0.3, 0.4) is 0 Å². The van der Waals surface area contributed by atoms with Crippen molar-refractivity contribution in [1.29, 1.82) is 0 Å². The largest absolute Gasteiger partial charge is 0.497 e. The summed E-state index contributed by atoms with van der Waals surface area (Å²) >= 11 is 1.66. The summed E-state index contributed by atoms with van der Waals surface area (Å²) in [7, 11) is 5.08. The average molecular weight is 295 g/mol. The molecule has 1 N–H and O–H groups in total. The molecule has 110 valence electrons. The second-order valence-electron chi connectivity index (χ2n) is 4.80. The predicted molar refractivity (Wildman–Crippen MR) is 81.4 cm³/mol. The number of esters is 1. The smallest absolute Gasteiger partial charge is 0.315 e. The number of carbonyl (C=O) groups is 1. The summed E-state index contributed by atoms with van der Waals surface area (Å²) in [5.41, 5.74) is 2.64. The number of carbonyl (C=O) groups excluding carboxylic acids is 1. The number of hydrogen-bond acceptors (Lipinski definition) is 5. The normalized spacial score (nSPS) is 21.1. The molecule has 5 heteroatoms. The maximum Gasteiger partial charge on any atom is 0.315 e. The number of nitrogens with one attached hydrogen (secondary N) is 1. The molecule has 0 aliphatic heterocycles. The van der Waals surface area contributed by atoms with E-state index in [1.165, 1.54) is 18.2 Å². The van der Waals surface area contributed by atoms with Crippen molar-refractivity contribution in [1.82, 2.24) is 5.32 Å². The highest BCUT2D eigenvalue weighted by atomic mass is 32.2. The molecule has 2 rings (SSSR count). The Balaban J connectivity index is 2.16. The summed E-state index contributed by atoms with van der Waals surface area (Å²) in [6.45, 7) is 0. The molecule has 20 heavy (non-hydrogen) atoms. The van der Waals surface area contributed by atoms with Gasteiger partial charge in [0.25, 0.3) is 0 Å². The van der Waals surface area contributed by atoms with Crippen molar-refractivity contribution in [2.24, 2.45) is 0 Å². The van der Waals surface area contributed by atoms with E-state index in [4.69, 9.17) is 9.47 Å². The topological polar surface area (TPSA) is 47.6 Å². The molecule has 1 aliphatic carbocycles. The third-order valence-electron chi connectivity index (χ3n) is 3.71. The Bertz CT molecular complexity index is 478. The lowest BCUT2D eigenvalue weighted by molar-refractivity contribution is -0.137. The van der Waals surface area contributed by atoms with Crippen molar-refractivity contribution >= 4 is 17.7 Å². The van der Waals surface area contributed by atoms with Crippen molar-refractivity contribution in [2.45, 2.75) is 24.1 Å². The molecular weight excluding hydrogens is 274 g/mol. The molecule has 0 heterocycles. The van der Waals surface area contributed by atoms with Gasteiger partial charge >= 0.3 is 5.97 Å². The lowest BCUT2D eigenvalue weighted by Crippen LogP contribution is -2.33. The first-order valence-electron chi connectivity index (χ1n) is 6.72. The summed E-state index contributed by atoms with van der Waals surface area (Å²) in [6.07, 6.45) is 2.10. The fourth-order valence-electron chi connectivity index (χ4n) is 2.64. The number of aryl methyl sites for hydroxylation is 1. The molecule has 0 saturated carbocycles. The van der Waals surface area contributed by atoms with Gasteiger partial charge in [-0.15, -0.1) is 11.8 Å². The van der Waals surface area contributed by atoms with E-state index >= 15 is 0 Å². The van der Waals surface area contributed by atoms with Crippen LogP contribution in [0.25, 0.3) is 0 Å². The Kier molecular flexibility index (Phi) is 5.31. The van der Waals surface area contributed by atoms with Crippen molar-refractivity contribution in [3.63, 3.8) is 0 Å². The quantitative estimate of drug-likeness (QED) is 0.844. The molecule has 0 spiro atoms. The molecule has 1 aliphatic rings. The molecule has 0 saturated heterocycles. The van der Waals surface area contributed by atoms with Crippen LogP contribution in [0.1, 0.15) is 23.6 Å². The van der Waals surface area contributed by atoms with E-state index in [9.17, 15) is 4.79 Å². The summed E-state index contributed by atoms with van der Waals surface area (Å²) in [5.74, 6) is 1.11. The molecule has 2 unspecified atom stereocenters. The number of methoxy groups -OCH3 is 2. The number of thioether (sulfide) groups is 1. The van der Waals surface area contributed by atoms with Gasteiger partial charge in [0.2, 0.25) is 0 Å². The summed E-state index contributed by atoms with van der Waals surface area (Å²) in [6, 6.07) is 6.48. The molecule has 0 amide bonds. The van der Waals surface area contributed by atoms with Crippen LogP contribution in [0, 0.1) is 0 Å². The van der Waals surface area contributed by atoms with Gasteiger partial charge in [0.15, 0.2) is 0 Å². The molecule has 4 nitrogen and oxygen atoms in total. The van der Waals surface area contributed by atoms with E-state index in [0.717, 1.165) is 18.6 Å². The highest BCUT2D eigenvalue weighted by molar-refractivity contribution is 8.00. The highest BCUT2D eigenvalue weighted by Gasteiger charge is 2.29. The van der Waals surface area contributed by atoms with Gasteiger partial charge in [-0.2, -0.15) is 0 Å². The van der Waals surface area contributed by atoms with Gasteiger partial charge in [-0.1, -0.05) is 6.07 Å². The molecule has 0 aromatic heterocycles. The molecule has 0 radical (unpaired) electrons. The molecule has 0 bridgehead atoms. The third kappa shape index (κ3) is 3.27. The van der Waals surface area contributed by atoms with Gasteiger partial charge in [-0.3, -0.25) is 4.79 Å². The molecule has 2 atom stereocenters. The van der Waals surface area contributed by atoms with E-state index in [-0.39, 0.29) is 12.0 Å². The zero-order valence-electron chi connectivity index (χ0n) is 12.1. The standard InChI is InChI=1S/C15H21NO3S/c1-16-15-12-8-11(18-2)6-4-10(12)5-7-13(15)20-9-14(17)19-3/h4,6,8,13,15-16H,5,7,9H2,1-3H3. The van der Waals surface area contributed by atoms with E-state index in [2.05, 4.69) is 17.4 Å². The lowest BCUT2D eigenvalue weighted by atomic mass is 9.87.